The van der Waals surface area contributed by atoms with Gasteiger partial charge in [0.25, 0.3) is 5.91 Å². The van der Waals surface area contributed by atoms with Gasteiger partial charge in [0.2, 0.25) is 5.95 Å². The van der Waals surface area contributed by atoms with Crippen molar-refractivity contribution in [3.05, 3.63) is 76.9 Å². The number of benzene rings is 3. The van der Waals surface area contributed by atoms with Gasteiger partial charge in [-0.05, 0) is 61.7 Å². The van der Waals surface area contributed by atoms with Crippen molar-refractivity contribution in [2.24, 2.45) is 0 Å². The molecule has 188 valence electrons. The van der Waals surface area contributed by atoms with Crippen LogP contribution in [0, 0.1) is 6.92 Å². The lowest BCUT2D eigenvalue weighted by atomic mass is 10.0. The molecule has 3 heterocycles. The van der Waals surface area contributed by atoms with Gasteiger partial charge in [0.1, 0.15) is 13.2 Å². The second kappa shape index (κ2) is 9.90. The molecule has 4 aromatic rings. The van der Waals surface area contributed by atoms with Gasteiger partial charge in [-0.25, -0.2) is 9.97 Å². The number of hydrogen-bond donors (Lipinski definition) is 1. The summed E-state index contributed by atoms with van der Waals surface area (Å²) in [6.45, 7) is 4.46. The number of nitrogens with one attached hydrogen (secondary N) is 1. The molecule has 3 aromatic carbocycles. The van der Waals surface area contributed by atoms with Crippen molar-refractivity contribution in [1.29, 1.82) is 0 Å². The second-order valence-electron chi connectivity index (χ2n) is 9.42. The SMILES string of the molecule is Cc1nc(NC2CCN(C(=O)c3cccc(Cl)c3)CC2)nc2ccc(-c3cccc4c3OCCO4)cc12. The number of fused-ring (bicyclic) bond motifs is 2. The van der Waals surface area contributed by atoms with Crippen molar-refractivity contribution >= 4 is 34.4 Å². The van der Waals surface area contributed by atoms with Gasteiger partial charge in [0.15, 0.2) is 11.5 Å². The monoisotopic (exact) mass is 514 g/mol. The highest BCUT2D eigenvalue weighted by Gasteiger charge is 2.24. The van der Waals surface area contributed by atoms with E-state index in [-0.39, 0.29) is 11.9 Å². The molecule has 37 heavy (non-hydrogen) atoms. The lowest BCUT2D eigenvalue weighted by Gasteiger charge is -2.32. The summed E-state index contributed by atoms with van der Waals surface area (Å²) in [6.07, 6.45) is 1.65. The fourth-order valence-corrected chi connectivity index (χ4v) is 5.22. The maximum Gasteiger partial charge on any atom is 0.253 e. The highest BCUT2D eigenvalue weighted by atomic mass is 35.5. The number of amides is 1. The summed E-state index contributed by atoms with van der Waals surface area (Å²) < 4.78 is 11.7. The van der Waals surface area contributed by atoms with E-state index >= 15 is 0 Å². The normalized spacial score (nSPS) is 15.6. The molecule has 0 aliphatic carbocycles. The number of para-hydroxylation sites is 1. The van der Waals surface area contributed by atoms with Crippen molar-refractivity contribution in [3.8, 4) is 22.6 Å². The van der Waals surface area contributed by atoms with Crippen molar-refractivity contribution in [2.45, 2.75) is 25.8 Å². The van der Waals surface area contributed by atoms with Crippen LogP contribution in [-0.2, 0) is 0 Å². The van der Waals surface area contributed by atoms with E-state index < -0.39 is 0 Å². The third-order valence-corrected chi connectivity index (χ3v) is 7.19. The number of carbonyl (C=O) groups is 1. The first-order valence-corrected chi connectivity index (χ1v) is 12.9. The van der Waals surface area contributed by atoms with Gasteiger partial charge in [-0.1, -0.05) is 35.9 Å². The maximum atomic E-state index is 12.8. The van der Waals surface area contributed by atoms with Crippen LogP contribution in [0.1, 0.15) is 28.9 Å². The van der Waals surface area contributed by atoms with Crippen molar-refractivity contribution in [3.63, 3.8) is 0 Å². The molecule has 2 aliphatic heterocycles. The molecular weight excluding hydrogens is 488 g/mol. The van der Waals surface area contributed by atoms with Crippen LogP contribution in [0.15, 0.2) is 60.7 Å². The van der Waals surface area contributed by atoms with Crippen LogP contribution in [0.25, 0.3) is 22.0 Å². The Bertz CT molecular complexity index is 1480. The minimum atomic E-state index is 0.0196. The molecule has 1 aromatic heterocycles. The van der Waals surface area contributed by atoms with Gasteiger partial charge in [-0.3, -0.25) is 4.79 Å². The number of ether oxygens (including phenoxy) is 2. The molecule has 0 spiro atoms. The van der Waals surface area contributed by atoms with E-state index in [0.717, 1.165) is 52.1 Å². The predicted molar refractivity (Wildman–Crippen MR) is 145 cm³/mol. The Morgan fingerprint density at radius 1 is 1.00 bits per heavy atom. The predicted octanol–water partition coefficient (Wildman–Crippen LogP) is 5.75. The van der Waals surface area contributed by atoms with Crippen LogP contribution in [0.5, 0.6) is 11.5 Å². The van der Waals surface area contributed by atoms with E-state index in [2.05, 4.69) is 17.4 Å². The van der Waals surface area contributed by atoms with E-state index in [4.69, 9.17) is 31.0 Å². The van der Waals surface area contributed by atoms with E-state index in [1.165, 1.54) is 0 Å². The van der Waals surface area contributed by atoms with Gasteiger partial charge in [-0.2, -0.15) is 0 Å². The lowest BCUT2D eigenvalue weighted by molar-refractivity contribution is 0.0718. The average molecular weight is 515 g/mol. The zero-order chi connectivity index (χ0) is 25.4. The number of rotatable bonds is 4. The molecule has 0 radical (unpaired) electrons. The van der Waals surface area contributed by atoms with Gasteiger partial charge in [0.05, 0.1) is 11.2 Å². The molecule has 0 atom stereocenters. The largest absolute Gasteiger partial charge is 0.486 e. The summed E-state index contributed by atoms with van der Waals surface area (Å²) in [6, 6.07) is 19.5. The summed E-state index contributed by atoms with van der Waals surface area (Å²) in [7, 11) is 0. The zero-order valence-electron chi connectivity index (χ0n) is 20.5. The van der Waals surface area contributed by atoms with Gasteiger partial charge < -0.3 is 19.7 Å². The molecular formula is C29H27ClN4O3. The summed E-state index contributed by atoms with van der Waals surface area (Å²) >= 11 is 6.06. The Morgan fingerprint density at radius 3 is 2.65 bits per heavy atom. The highest BCUT2D eigenvalue weighted by molar-refractivity contribution is 6.30. The van der Waals surface area contributed by atoms with E-state index in [1.807, 2.05) is 48.2 Å². The standard InChI is InChI=1S/C29H27ClN4O3/c1-18-24-17-19(23-6-3-7-26-27(23)37-15-14-36-26)8-9-25(24)33-29(31-18)32-22-10-12-34(13-11-22)28(35)20-4-2-5-21(30)16-20/h2-9,16-17,22H,10-15H2,1H3,(H,31,32,33). The Morgan fingerprint density at radius 2 is 1.81 bits per heavy atom. The molecule has 1 saturated heterocycles. The molecule has 8 heteroatoms. The van der Waals surface area contributed by atoms with Gasteiger partial charge >= 0.3 is 0 Å². The molecule has 1 amide bonds. The number of halogens is 1. The van der Waals surface area contributed by atoms with Gasteiger partial charge in [0, 0.05) is 40.7 Å². The quantitative estimate of drug-likeness (QED) is 0.374. The van der Waals surface area contributed by atoms with Crippen LogP contribution < -0.4 is 14.8 Å². The number of likely N-dealkylation sites (tertiary alicyclic amines) is 1. The Balaban J connectivity index is 1.16. The van der Waals surface area contributed by atoms with Crippen LogP contribution in [-0.4, -0.2) is 53.1 Å². The number of piperidine rings is 1. The fourth-order valence-electron chi connectivity index (χ4n) is 5.03. The van der Waals surface area contributed by atoms with E-state index in [0.29, 0.717) is 42.8 Å². The van der Waals surface area contributed by atoms with Crippen LogP contribution in [0.2, 0.25) is 5.02 Å². The summed E-state index contributed by atoms with van der Waals surface area (Å²) in [5, 5.41) is 5.06. The fraction of sp³-hybridized carbons (Fsp3) is 0.276. The molecule has 6 rings (SSSR count). The minimum Gasteiger partial charge on any atom is -0.486 e. The van der Waals surface area contributed by atoms with Crippen molar-refractivity contribution in [2.75, 3.05) is 31.6 Å². The number of carbonyl (C=O) groups excluding carboxylic acids is 1. The van der Waals surface area contributed by atoms with Crippen LogP contribution in [0.3, 0.4) is 0 Å². The van der Waals surface area contributed by atoms with Crippen molar-refractivity contribution < 1.29 is 14.3 Å². The molecule has 1 N–H and O–H groups in total. The van der Waals surface area contributed by atoms with Crippen molar-refractivity contribution in [1.82, 2.24) is 14.9 Å². The lowest BCUT2D eigenvalue weighted by Crippen LogP contribution is -2.42. The number of hydrogen-bond acceptors (Lipinski definition) is 6. The topological polar surface area (TPSA) is 76.6 Å². The maximum absolute atomic E-state index is 12.8. The smallest absolute Gasteiger partial charge is 0.253 e. The highest BCUT2D eigenvalue weighted by Crippen LogP contribution is 2.40. The summed E-state index contributed by atoms with van der Waals surface area (Å²) in [5.41, 5.74) is 4.46. The number of aromatic nitrogens is 2. The minimum absolute atomic E-state index is 0.0196. The Hall–Kier alpha value is -3.84. The van der Waals surface area contributed by atoms with E-state index in [1.54, 1.807) is 12.1 Å². The first-order chi connectivity index (χ1) is 18.0. The third-order valence-electron chi connectivity index (χ3n) is 6.95. The Labute approximate surface area is 220 Å². The van der Waals surface area contributed by atoms with E-state index in [9.17, 15) is 4.79 Å². The van der Waals surface area contributed by atoms with Gasteiger partial charge in [-0.15, -0.1) is 0 Å². The van der Waals surface area contributed by atoms with Crippen LogP contribution >= 0.6 is 11.6 Å². The zero-order valence-corrected chi connectivity index (χ0v) is 21.3. The van der Waals surface area contributed by atoms with Crippen LogP contribution in [0.4, 0.5) is 5.95 Å². The Kier molecular flexibility index (Phi) is 6.30. The average Bonchev–Trinajstić information content (AvgIpc) is 2.93. The molecule has 2 aliphatic rings. The summed E-state index contributed by atoms with van der Waals surface area (Å²) in [4.78, 5) is 24.3. The summed E-state index contributed by atoms with van der Waals surface area (Å²) in [5.74, 6) is 2.19. The molecule has 1 fully saturated rings. The third kappa shape index (κ3) is 4.79. The molecule has 7 nitrogen and oxygen atoms in total. The molecule has 0 unspecified atom stereocenters. The number of anilines is 1. The first-order valence-electron chi connectivity index (χ1n) is 12.5. The number of aryl methyl sites for hydroxylation is 1. The molecule has 0 saturated carbocycles. The second-order valence-corrected chi connectivity index (χ2v) is 9.85. The molecule has 0 bridgehead atoms. The first kappa shape index (κ1) is 23.6. The number of nitrogens with zero attached hydrogens (tertiary/aromatic N) is 3.